The Morgan fingerprint density at radius 2 is 1.95 bits per heavy atom. The van der Waals surface area contributed by atoms with E-state index in [1.807, 2.05) is 51.6 Å². The highest BCUT2D eigenvalue weighted by molar-refractivity contribution is 5.70. The molecule has 3 nitrogen and oxygen atoms in total. The van der Waals surface area contributed by atoms with Gasteiger partial charge in [0.05, 0.1) is 0 Å². The molecule has 0 N–H and O–H groups in total. The van der Waals surface area contributed by atoms with E-state index in [2.05, 4.69) is 22.0 Å². The first-order chi connectivity index (χ1) is 9.16. The van der Waals surface area contributed by atoms with Crippen molar-refractivity contribution >= 4 is 0 Å². The van der Waals surface area contributed by atoms with Gasteiger partial charge in [-0.05, 0) is 38.7 Å². The average Bonchev–Trinajstić information content (AvgIpc) is 2.39. The van der Waals surface area contributed by atoms with Crippen molar-refractivity contribution in [1.29, 1.82) is 0 Å². The van der Waals surface area contributed by atoms with Crippen LogP contribution in [0.5, 0.6) is 5.75 Å². The molecule has 0 saturated carbocycles. The summed E-state index contributed by atoms with van der Waals surface area (Å²) in [5.74, 6) is 0.914. The Kier molecular flexibility index (Phi) is 4.53. The number of nitrogens with zero attached hydrogens (tertiary/aromatic N) is 2. The monoisotopic (exact) mass is 256 g/mol. The minimum absolute atomic E-state index is 0.684. The van der Waals surface area contributed by atoms with Gasteiger partial charge in [-0.15, -0.1) is 0 Å². The lowest BCUT2D eigenvalue weighted by Crippen LogP contribution is -2.19. The van der Waals surface area contributed by atoms with E-state index in [0.29, 0.717) is 6.61 Å². The number of para-hydroxylation sites is 1. The van der Waals surface area contributed by atoms with Crippen molar-refractivity contribution in [3.8, 4) is 16.9 Å². The smallest absolute Gasteiger partial charge is 0.127 e. The van der Waals surface area contributed by atoms with Crippen molar-refractivity contribution in [2.75, 3.05) is 27.2 Å². The Morgan fingerprint density at radius 3 is 2.68 bits per heavy atom. The van der Waals surface area contributed by atoms with Crippen LogP contribution in [0.1, 0.15) is 5.56 Å². The molecule has 0 spiro atoms. The summed E-state index contributed by atoms with van der Waals surface area (Å²) in [4.78, 5) is 6.35. The second-order valence-corrected chi connectivity index (χ2v) is 4.90. The van der Waals surface area contributed by atoms with E-state index in [1.165, 1.54) is 0 Å². The Hall–Kier alpha value is -1.87. The van der Waals surface area contributed by atoms with Crippen molar-refractivity contribution in [3.05, 3.63) is 48.3 Å². The van der Waals surface area contributed by atoms with Crippen LogP contribution in [0.15, 0.2) is 42.7 Å². The summed E-state index contributed by atoms with van der Waals surface area (Å²) in [5.41, 5.74) is 3.35. The molecule has 1 aromatic carbocycles. The number of aryl methyl sites for hydroxylation is 1. The second-order valence-electron chi connectivity index (χ2n) is 4.90. The van der Waals surface area contributed by atoms with Gasteiger partial charge < -0.3 is 9.64 Å². The lowest BCUT2D eigenvalue weighted by atomic mass is 10.1. The van der Waals surface area contributed by atoms with E-state index >= 15 is 0 Å². The van der Waals surface area contributed by atoms with Crippen molar-refractivity contribution in [2.24, 2.45) is 0 Å². The van der Waals surface area contributed by atoms with E-state index in [4.69, 9.17) is 4.74 Å². The Morgan fingerprint density at radius 1 is 1.16 bits per heavy atom. The van der Waals surface area contributed by atoms with E-state index in [0.717, 1.165) is 29.0 Å². The molecule has 100 valence electrons. The number of rotatable bonds is 5. The Bertz CT molecular complexity index is 538. The second kappa shape index (κ2) is 6.34. The molecule has 1 heterocycles. The molecule has 0 fully saturated rings. The van der Waals surface area contributed by atoms with Gasteiger partial charge in [-0.25, -0.2) is 0 Å². The summed E-state index contributed by atoms with van der Waals surface area (Å²) in [6.07, 6.45) is 3.74. The Balaban J connectivity index is 2.21. The quantitative estimate of drug-likeness (QED) is 0.822. The zero-order valence-corrected chi connectivity index (χ0v) is 11.8. The molecule has 0 aliphatic carbocycles. The summed E-state index contributed by atoms with van der Waals surface area (Å²) >= 11 is 0. The lowest BCUT2D eigenvalue weighted by molar-refractivity contribution is 0.262. The largest absolute Gasteiger partial charge is 0.492 e. The molecule has 0 radical (unpaired) electrons. The normalized spacial score (nSPS) is 10.7. The van der Waals surface area contributed by atoms with Crippen LogP contribution in [-0.2, 0) is 0 Å². The first kappa shape index (κ1) is 13.6. The van der Waals surface area contributed by atoms with E-state index in [1.54, 1.807) is 0 Å². The van der Waals surface area contributed by atoms with Crippen LogP contribution in [0.4, 0.5) is 0 Å². The van der Waals surface area contributed by atoms with Gasteiger partial charge in [0.15, 0.2) is 0 Å². The maximum atomic E-state index is 5.87. The van der Waals surface area contributed by atoms with E-state index < -0.39 is 0 Å². The van der Waals surface area contributed by atoms with Gasteiger partial charge in [-0.2, -0.15) is 0 Å². The molecule has 0 unspecified atom stereocenters. The molecular weight excluding hydrogens is 236 g/mol. The fraction of sp³-hybridized carbons (Fsp3) is 0.312. The minimum Gasteiger partial charge on any atom is -0.492 e. The topological polar surface area (TPSA) is 25.4 Å². The predicted octanol–water partition coefficient (Wildman–Crippen LogP) is 3.00. The molecule has 19 heavy (non-hydrogen) atoms. The third kappa shape index (κ3) is 3.80. The minimum atomic E-state index is 0.684. The highest BCUT2D eigenvalue weighted by Crippen LogP contribution is 2.29. The maximum Gasteiger partial charge on any atom is 0.127 e. The summed E-state index contributed by atoms with van der Waals surface area (Å²) in [6, 6.07) is 10.2. The van der Waals surface area contributed by atoms with E-state index in [-0.39, 0.29) is 0 Å². The molecule has 0 aliphatic rings. The highest BCUT2D eigenvalue weighted by atomic mass is 16.5. The van der Waals surface area contributed by atoms with Crippen molar-refractivity contribution in [2.45, 2.75) is 6.92 Å². The van der Waals surface area contributed by atoms with Gasteiger partial charge in [0.2, 0.25) is 0 Å². The average molecular weight is 256 g/mol. The number of hydrogen-bond donors (Lipinski definition) is 0. The molecule has 0 atom stereocenters. The van der Waals surface area contributed by atoms with Crippen molar-refractivity contribution < 1.29 is 4.74 Å². The number of likely N-dealkylation sites (N-methyl/N-ethyl adjacent to an activating group) is 1. The van der Waals surface area contributed by atoms with Gasteiger partial charge in [0.1, 0.15) is 12.4 Å². The molecule has 0 aliphatic heterocycles. The number of benzene rings is 1. The standard InChI is InChI=1S/C16H20N2O/c1-13-10-14(12-17-11-13)15-6-4-5-7-16(15)19-9-8-18(2)3/h4-7,10-12H,8-9H2,1-3H3. The molecule has 0 saturated heterocycles. The van der Waals surface area contributed by atoms with Crippen molar-refractivity contribution in [3.63, 3.8) is 0 Å². The molecule has 2 rings (SSSR count). The lowest BCUT2D eigenvalue weighted by Gasteiger charge is -2.14. The zero-order valence-electron chi connectivity index (χ0n) is 11.8. The summed E-state index contributed by atoms with van der Waals surface area (Å²) in [6.45, 7) is 3.63. The van der Waals surface area contributed by atoms with Crippen LogP contribution >= 0.6 is 0 Å². The fourth-order valence-corrected chi connectivity index (χ4v) is 1.87. The van der Waals surface area contributed by atoms with Crippen LogP contribution in [0.3, 0.4) is 0 Å². The zero-order chi connectivity index (χ0) is 13.7. The van der Waals surface area contributed by atoms with Gasteiger partial charge in [0.25, 0.3) is 0 Å². The number of ether oxygens (including phenoxy) is 1. The van der Waals surface area contributed by atoms with E-state index in [9.17, 15) is 0 Å². The predicted molar refractivity (Wildman–Crippen MR) is 78.5 cm³/mol. The summed E-state index contributed by atoms with van der Waals surface area (Å²) in [5, 5.41) is 0. The number of hydrogen-bond acceptors (Lipinski definition) is 3. The summed E-state index contributed by atoms with van der Waals surface area (Å²) in [7, 11) is 4.08. The molecule has 1 aromatic heterocycles. The molecule has 0 bridgehead atoms. The van der Waals surface area contributed by atoms with Crippen LogP contribution < -0.4 is 4.74 Å². The van der Waals surface area contributed by atoms with Gasteiger partial charge in [0, 0.05) is 30.1 Å². The van der Waals surface area contributed by atoms with Gasteiger partial charge in [-0.1, -0.05) is 18.2 Å². The van der Waals surface area contributed by atoms with Gasteiger partial charge >= 0.3 is 0 Å². The maximum absolute atomic E-state index is 5.87. The van der Waals surface area contributed by atoms with Gasteiger partial charge in [-0.3, -0.25) is 4.98 Å². The molecule has 0 amide bonds. The SMILES string of the molecule is Cc1cncc(-c2ccccc2OCCN(C)C)c1. The van der Waals surface area contributed by atoms with Crippen LogP contribution in [0, 0.1) is 6.92 Å². The van der Waals surface area contributed by atoms with Crippen LogP contribution in [-0.4, -0.2) is 37.1 Å². The molecular formula is C16H20N2O. The fourth-order valence-electron chi connectivity index (χ4n) is 1.87. The summed E-state index contributed by atoms with van der Waals surface area (Å²) < 4.78 is 5.87. The number of pyridine rings is 1. The van der Waals surface area contributed by atoms with Crippen LogP contribution in [0.25, 0.3) is 11.1 Å². The number of aromatic nitrogens is 1. The molecule has 2 aromatic rings. The molecule has 3 heteroatoms. The first-order valence-electron chi connectivity index (χ1n) is 6.45. The Labute approximate surface area is 114 Å². The van der Waals surface area contributed by atoms with Crippen molar-refractivity contribution in [1.82, 2.24) is 9.88 Å². The van der Waals surface area contributed by atoms with Crippen LogP contribution in [0.2, 0.25) is 0 Å². The third-order valence-corrected chi connectivity index (χ3v) is 2.87. The first-order valence-corrected chi connectivity index (χ1v) is 6.45. The third-order valence-electron chi connectivity index (χ3n) is 2.87. The highest BCUT2D eigenvalue weighted by Gasteiger charge is 2.06.